The molecule has 4 atom stereocenters. The molecule has 0 saturated heterocycles. The van der Waals surface area contributed by atoms with E-state index >= 15 is 9.59 Å². The minimum absolute atomic E-state index is 0.0870. The summed E-state index contributed by atoms with van der Waals surface area (Å²) in [6.45, 7) is 10.4. The van der Waals surface area contributed by atoms with E-state index < -0.39 is 22.4 Å². The van der Waals surface area contributed by atoms with Gasteiger partial charge in [-0.3, -0.25) is 9.59 Å². The second kappa shape index (κ2) is 43.9. The van der Waals surface area contributed by atoms with E-state index in [1.807, 2.05) is 32.7 Å². The average molecular weight is 1280 g/mol. The van der Waals surface area contributed by atoms with Gasteiger partial charge >= 0.3 is 0 Å². The Morgan fingerprint density at radius 2 is 0.625 bits per heavy atom. The van der Waals surface area contributed by atoms with E-state index in [0.29, 0.717) is 36.1 Å². The topological polar surface area (TPSA) is 86.7 Å². The van der Waals surface area contributed by atoms with Gasteiger partial charge in [0.05, 0.1) is 32.3 Å². The molecule has 4 unspecified atom stereocenters. The molecule has 2 aliphatic rings. The Bertz CT molecular complexity index is 2410. The molecule has 0 aliphatic carbocycles. The predicted molar refractivity (Wildman–Crippen MR) is 389 cm³/mol. The maximum atomic E-state index is 15.7. The van der Waals surface area contributed by atoms with Crippen LogP contribution in [0.15, 0.2) is 69.1 Å². The highest BCUT2D eigenvalue weighted by molar-refractivity contribution is 7.91. The van der Waals surface area contributed by atoms with Crippen molar-refractivity contribution in [3.8, 4) is 20.9 Å². The lowest BCUT2D eigenvalue weighted by Gasteiger charge is -2.21. The normalized spacial score (nSPS) is 15.5. The summed E-state index contributed by atoms with van der Waals surface area (Å²) in [4.78, 5) is 39.0. The molecule has 4 aromatic rings. The van der Waals surface area contributed by atoms with Crippen LogP contribution >= 0.6 is 22.7 Å². The molecular formula is C78H122N2O4S4. The van der Waals surface area contributed by atoms with E-state index in [2.05, 4.69) is 64.1 Å². The molecule has 2 aromatic carbocycles. The third-order valence-corrected chi connectivity index (χ3v) is 23.6. The first-order valence-corrected chi connectivity index (χ1v) is 41.5. The van der Waals surface area contributed by atoms with E-state index in [9.17, 15) is 9.11 Å². The van der Waals surface area contributed by atoms with E-state index in [0.717, 1.165) is 78.9 Å². The minimum Gasteiger partial charge on any atom is -0.612 e. The average Bonchev–Trinajstić information content (AvgIpc) is 2.14. The van der Waals surface area contributed by atoms with Gasteiger partial charge in [-0.25, -0.2) is 0 Å². The molecule has 0 spiro atoms. The van der Waals surface area contributed by atoms with Gasteiger partial charge in [0.25, 0.3) is 11.8 Å². The number of unbranched alkanes of at least 4 members (excludes halogenated alkanes) is 32. The van der Waals surface area contributed by atoms with Gasteiger partial charge in [-0.2, -0.15) is 0 Å². The van der Waals surface area contributed by atoms with Crippen molar-refractivity contribution in [3.05, 3.63) is 70.4 Å². The number of carbonyl (C=O) groups excluding carboxylic acids is 2. The highest BCUT2D eigenvalue weighted by Gasteiger charge is 2.43. The van der Waals surface area contributed by atoms with Crippen LogP contribution in [-0.2, 0) is 31.9 Å². The summed E-state index contributed by atoms with van der Waals surface area (Å²) in [5.41, 5.74) is 6.28. The number of carbonyl (C=O) groups is 2. The van der Waals surface area contributed by atoms with Crippen LogP contribution in [0.1, 0.15) is 321 Å². The Morgan fingerprint density at radius 3 is 0.898 bits per heavy atom. The van der Waals surface area contributed by atoms with Gasteiger partial charge in [0.1, 0.15) is 12.5 Å². The third-order valence-electron chi connectivity index (χ3n) is 19.5. The lowest BCUT2D eigenvalue weighted by atomic mass is 9.90. The van der Waals surface area contributed by atoms with Crippen molar-refractivity contribution in [1.82, 2.24) is 0 Å². The zero-order valence-electron chi connectivity index (χ0n) is 56.6. The van der Waals surface area contributed by atoms with Crippen LogP contribution < -0.4 is 9.80 Å². The maximum absolute atomic E-state index is 15.7. The number of hydrogen-bond acceptors (Lipinski definition) is 6. The summed E-state index contributed by atoms with van der Waals surface area (Å²) in [5, 5.41) is 4.03. The fraction of sp³-hybridized carbons (Fsp3) is 0.692. The molecule has 0 saturated carbocycles. The van der Waals surface area contributed by atoms with Crippen LogP contribution in [0.2, 0.25) is 0 Å². The Morgan fingerprint density at radius 1 is 0.364 bits per heavy atom. The first-order valence-electron chi connectivity index (χ1n) is 36.6. The molecular weight excluding hydrogens is 1160 g/mol. The van der Waals surface area contributed by atoms with Crippen molar-refractivity contribution < 1.29 is 18.7 Å². The van der Waals surface area contributed by atoms with E-state index in [1.54, 1.807) is 35.2 Å². The van der Waals surface area contributed by atoms with Gasteiger partial charge in [-0.1, -0.05) is 309 Å². The molecule has 88 heavy (non-hydrogen) atoms. The zero-order valence-corrected chi connectivity index (χ0v) is 59.9. The predicted octanol–water partition coefficient (Wildman–Crippen LogP) is 24.7. The van der Waals surface area contributed by atoms with E-state index in [4.69, 9.17) is 0 Å². The van der Waals surface area contributed by atoms with Crippen molar-refractivity contribution in [1.29, 1.82) is 0 Å². The summed E-state index contributed by atoms with van der Waals surface area (Å²) >= 11 is 0.848. The molecule has 2 aromatic heterocycles. The fourth-order valence-electron chi connectivity index (χ4n) is 14.2. The quantitative estimate of drug-likeness (QED) is 0.0250. The number of benzene rings is 2. The smallest absolute Gasteiger partial charge is 0.259 e. The van der Waals surface area contributed by atoms with Crippen molar-refractivity contribution >= 4 is 79.4 Å². The van der Waals surface area contributed by atoms with Gasteiger partial charge in [-0.05, 0) is 93.9 Å². The Balaban J connectivity index is 1.25. The molecule has 492 valence electrons. The SMILES string of the molecule is CCCCCCCCCCCCC(CCCCCCCCCC)CCCN1C(=O)/C(=C2/C(=O)N(CCCC(CCCCCCCCCC)CCCCCCCCCCCC)c3cc(-c4sccc4[S+](C)[O-])ccc32)c2ccc(-c3sccc3[S+](C)[O-])cc21. The fourth-order valence-corrected chi connectivity index (χ4v) is 18.3. The van der Waals surface area contributed by atoms with Crippen molar-refractivity contribution in [2.75, 3.05) is 35.4 Å². The monoisotopic (exact) mass is 1280 g/mol. The molecule has 2 amide bonds. The van der Waals surface area contributed by atoms with Crippen LogP contribution in [0.5, 0.6) is 0 Å². The number of thiophene rings is 2. The Kier molecular flexibility index (Phi) is 37.0. The summed E-state index contributed by atoms with van der Waals surface area (Å²) < 4.78 is 26.2. The molecule has 0 fully saturated rings. The van der Waals surface area contributed by atoms with E-state index in [1.165, 1.54) is 257 Å². The lowest BCUT2D eigenvalue weighted by Crippen LogP contribution is -2.30. The van der Waals surface area contributed by atoms with Crippen LogP contribution in [0.3, 0.4) is 0 Å². The number of fused-ring (bicyclic) bond motifs is 2. The van der Waals surface area contributed by atoms with Gasteiger partial charge in [0.15, 0.2) is 9.79 Å². The largest absolute Gasteiger partial charge is 0.612 e. The number of rotatable bonds is 52. The summed E-state index contributed by atoms with van der Waals surface area (Å²) in [6, 6.07) is 16.5. The molecule has 6 rings (SSSR count). The second-order valence-corrected chi connectivity index (χ2v) is 31.3. The van der Waals surface area contributed by atoms with Gasteiger partial charge in [0.2, 0.25) is 0 Å². The number of hydrogen-bond donors (Lipinski definition) is 0. The molecule has 0 radical (unpaired) electrons. The Hall–Kier alpha value is -2.86. The van der Waals surface area contributed by atoms with E-state index in [-0.39, 0.29) is 11.8 Å². The highest BCUT2D eigenvalue weighted by atomic mass is 32.2. The van der Waals surface area contributed by atoms with Crippen LogP contribution in [0.4, 0.5) is 11.4 Å². The van der Waals surface area contributed by atoms with Crippen LogP contribution in [-0.4, -0.2) is 46.5 Å². The highest BCUT2D eigenvalue weighted by Crippen LogP contribution is 2.50. The number of amides is 2. The van der Waals surface area contributed by atoms with Gasteiger partial charge in [-0.15, -0.1) is 22.7 Å². The maximum Gasteiger partial charge on any atom is 0.259 e. The third kappa shape index (κ3) is 24.6. The zero-order chi connectivity index (χ0) is 62.6. The molecule has 6 nitrogen and oxygen atoms in total. The Labute approximate surface area is 552 Å². The van der Waals surface area contributed by atoms with Crippen LogP contribution in [0.25, 0.3) is 32.0 Å². The summed E-state index contributed by atoms with van der Waals surface area (Å²) in [6.07, 6.45) is 60.8. The van der Waals surface area contributed by atoms with Crippen molar-refractivity contribution in [2.45, 2.75) is 320 Å². The molecule has 2 aliphatic heterocycles. The standard InChI is InChI=1S/C78H122N2O4S4/c1-7-11-15-19-23-27-29-33-37-41-47-63(45-39-35-31-25-21-17-13-9-3)49-43-57-79-69-61-65(75-71(87(5)83)55-59-85-75)51-53-67(69)73(77(79)81)74-68-54-52-66(76-72(88(6)84)56-60-86-76)62-70(68)80(78(74)82)58-44-50-64(46-40-36-32-26-22-18-14-10-4)48-42-38-34-30-28-24-20-16-12-8-2/h51-56,59-64H,7-50,57-58H2,1-6H3/b74-73+. The summed E-state index contributed by atoms with van der Waals surface area (Å²) in [5.74, 6) is 1.10. The minimum atomic E-state index is -1.17. The number of nitrogens with zero attached hydrogens (tertiary/aromatic N) is 2. The van der Waals surface area contributed by atoms with Crippen molar-refractivity contribution in [3.63, 3.8) is 0 Å². The number of anilines is 2. The molecule has 4 heterocycles. The molecule has 10 heteroatoms. The van der Waals surface area contributed by atoms with Gasteiger partial charge in [0, 0.05) is 36.3 Å². The first-order chi connectivity index (χ1) is 43.1. The second-order valence-electron chi connectivity index (χ2n) is 26.7. The lowest BCUT2D eigenvalue weighted by molar-refractivity contribution is -0.114. The molecule has 0 N–H and O–H groups in total. The van der Waals surface area contributed by atoms with Crippen molar-refractivity contribution in [2.24, 2.45) is 11.8 Å². The van der Waals surface area contributed by atoms with Crippen LogP contribution in [0, 0.1) is 11.8 Å². The first kappa shape index (κ1) is 74.2. The summed E-state index contributed by atoms with van der Waals surface area (Å²) in [7, 11) is 0. The van der Waals surface area contributed by atoms with Gasteiger partial charge < -0.3 is 18.9 Å². The molecule has 0 bridgehead atoms.